The largest absolute Gasteiger partial charge is 0.399 e. The predicted molar refractivity (Wildman–Crippen MR) is 91.5 cm³/mol. The number of hydrogen-bond acceptors (Lipinski definition) is 3. The van der Waals surface area contributed by atoms with E-state index in [1.54, 1.807) is 16.7 Å². The Morgan fingerprint density at radius 1 is 1.09 bits per heavy atom. The van der Waals surface area contributed by atoms with E-state index in [-0.39, 0.29) is 5.91 Å². The van der Waals surface area contributed by atoms with Gasteiger partial charge in [-0.3, -0.25) is 9.36 Å². The second-order valence-corrected chi connectivity index (χ2v) is 5.75. The van der Waals surface area contributed by atoms with Gasteiger partial charge in [-0.2, -0.15) is 0 Å². The normalized spacial score (nSPS) is 11.4. The number of carbonyl (C=O) groups is 1. The van der Waals surface area contributed by atoms with Crippen molar-refractivity contribution in [1.82, 2.24) is 14.1 Å². The molecule has 0 spiro atoms. The van der Waals surface area contributed by atoms with Gasteiger partial charge < -0.3 is 10.3 Å². The molecule has 2 aromatic carbocycles. The Morgan fingerprint density at radius 2 is 1.91 bits per heavy atom. The lowest BCUT2D eigenvalue weighted by Crippen LogP contribution is -2.13. The molecule has 5 nitrogen and oxygen atoms in total. The van der Waals surface area contributed by atoms with Crippen molar-refractivity contribution in [3.63, 3.8) is 0 Å². The first-order valence-electron chi connectivity index (χ1n) is 7.39. The van der Waals surface area contributed by atoms with Crippen LogP contribution in [0.2, 0.25) is 0 Å². The molecule has 0 amide bonds. The lowest BCUT2D eigenvalue weighted by atomic mass is 10.1. The van der Waals surface area contributed by atoms with E-state index in [0.29, 0.717) is 17.1 Å². The van der Waals surface area contributed by atoms with Crippen LogP contribution in [0.15, 0.2) is 48.7 Å². The van der Waals surface area contributed by atoms with Crippen molar-refractivity contribution in [3.8, 4) is 0 Å². The summed E-state index contributed by atoms with van der Waals surface area (Å²) in [4.78, 5) is 17.5. The standard InChI is InChI=1S/C18H16N4O/c1-11-20-15-6-5-14(19)10-17(15)22(11)18(23)13-4-3-12-7-8-21(2)16(12)9-13/h3-10H,19H2,1-2H3. The fourth-order valence-corrected chi connectivity index (χ4v) is 2.99. The van der Waals surface area contributed by atoms with Crippen molar-refractivity contribution < 1.29 is 4.79 Å². The lowest BCUT2D eigenvalue weighted by molar-refractivity contribution is 0.0962. The Balaban J connectivity index is 1.92. The molecular weight excluding hydrogens is 288 g/mol. The number of carbonyl (C=O) groups excluding carboxylic acids is 1. The SMILES string of the molecule is Cc1nc2ccc(N)cc2n1C(=O)c1ccc2ccn(C)c2c1. The van der Waals surface area contributed by atoms with Crippen LogP contribution in [0, 0.1) is 6.92 Å². The molecule has 23 heavy (non-hydrogen) atoms. The number of nitrogens with two attached hydrogens (primary N) is 1. The summed E-state index contributed by atoms with van der Waals surface area (Å²) in [5.41, 5.74) is 9.64. The van der Waals surface area contributed by atoms with Crippen LogP contribution < -0.4 is 5.73 Å². The zero-order valence-electron chi connectivity index (χ0n) is 12.9. The molecule has 0 radical (unpaired) electrons. The van der Waals surface area contributed by atoms with Gasteiger partial charge in [0.15, 0.2) is 0 Å². The van der Waals surface area contributed by atoms with Crippen LogP contribution in [0.5, 0.6) is 0 Å². The summed E-state index contributed by atoms with van der Waals surface area (Å²) < 4.78 is 3.62. The van der Waals surface area contributed by atoms with Crippen LogP contribution in [0.1, 0.15) is 16.2 Å². The Morgan fingerprint density at radius 3 is 2.74 bits per heavy atom. The molecule has 0 atom stereocenters. The number of nitrogen functional groups attached to an aromatic ring is 1. The zero-order chi connectivity index (χ0) is 16.1. The minimum Gasteiger partial charge on any atom is -0.399 e. The number of imidazole rings is 1. The molecule has 114 valence electrons. The number of fused-ring (bicyclic) bond motifs is 2. The average molecular weight is 304 g/mol. The highest BCUT2D eigenvalue weighted by atomic mass is 16.2. The van der Waals surface area contributed by atoms with Gasteiger partial charge in [0, 0.05) is 30.0 Å². The molecule has 0 fully saturated rings. The third kappa shape index (κ3) is 2.01. The van der Waals surface area contributed by atoms with Crippen molar-refractivity contribution in [1.29, 1.82) is 0 Å². The van der Waals surface area contributed by atoms with Crippen molar-refractivity contribution in [2.45, 2.75) is 6.92 Å². The molecule has 5 heteroatoms. The summed E-state index contributed by atoms with van der Waals surface area (Å²) in [6, 6.07) is 13.2. The smallest absolute Gasteiger partial charge is 0.263 e. The van der Waals surface area contributed by atoms with Crippen molar-refractivity contribution in [3.05, 3.63) is 60.0 Å². The first-order chi connectivity index (χ1) is 11.0. The number of benzene rings is 2. The number of aromatic nitrogens is 3. The number of anilines is 1. The van der Waals surface area contributed by atoms with E-state index in [1.165, 1.54) is 0 Å². The first-order valence-corrected chi connectivity index (χ1v) is 7.39. The van der Waals surface area contributed by atoms with Crippen molar-refractivity contribution in [2.75, 3.05) is 5.73 Å². The number of rotatable bonds is 1. The summed E-state index contributed by atoms with van der Waals surface area (Å²) in [5.74, 6) is 0.557. The fourth-order valence-electron chi connectivity index (χ4n) is 2.99. The van der Waals surface area contributed by atoms with Gasteiger partial charge in [0.1, 0.15) is 5.82 Å². The van der Waals surface area contributed by atoms with Crippen LogP contribution >= 0.6 is 0 Å². The van der Waals surface area contributed by atoms with Crippen LogP contribution in [0.4, 0.5) is 5.69 Å². The number of nitrogens with zero attached hydrogens (tertiary/aromatic N) is 3. The van der Waals surface area contributed by atoms with Crippen LogP contribution in [-0.4, -0.2) is 20.0 Å². The summed E-state index contributed by atoms with van der Waals surface area (Å²) in [6.45, 7) is 1.83. The Bertz CT molecular complexity index is 1070. The van der Waals surface area contributed by atoms with Crippen molar-refractivity contribution in [2.24, 2.45) is 7.05 Å². The fraction of sp³-hybridized carbons (Fsp3) is 0.111. The summed E-state index contributed by atoms with van der Waals surface area (Å²) >= 11 is 0. The van der Waals surface area contributed by atoms with Crippen LogP contribution in [0.25, 0.3) is 21.9 Å². The maximum absolute atomic E-state index is 13.0. The maximum atomic E-state index is 13.0. The minimum absolute atomic E-state index is 0.0984. The number of aryl methyl sites for hydroxylation is 2. The third-order valence-corrected chi connectivity index (χ3v) is 4.18. The summed E-state index contributed by atoms with van der Waals surface area (Å²) in [6.07, 6.45) is 1.98. The quantitative estimate of drug-likeness (QED) is 0.549. The van der Waals surface area contributed by atoms with Gasteiger partial charge in [-0.1, -0.05) is 6.07 Å². The van der Waals surface area contributed by atoms with E-state index in [0.717, 1.165) is 21.9 Å². The van der Waals surface area contributed by atoms with Gasteiger partial charge in [0.05, 0.1) is 11.0 Å². The second kappa shape index (κ2) is 4.71. The van der Waals surface area contributed by atoms with Crippen LogP contribution in [-0.2, 0) is 7.05 Å². The molecule has 0 aliphatic heterocycles. The van der Waals surface area contributed by atoms with Gasteiger partial charge in [-0.05, 0) is 48.7 Å². The Labute approximate surface area is 133 Å². The molecule has 0 saturated carbocycles. The van der Waals surface area contributed by atoms with Gasteiger partial charge in [0.25, 0.3) is 5.91 Å². The summed E-state index contributed by atoms with van der Waals surface area (Å²) in [7, 11) is 1.97. The highest BCUT2D eigenvalue weighted by Crippen LogP contribution is 2.22. The van der Waals surface area contributed by atoms with Crippen molar-refractivity contribution >= 4 is 33.5 Å². The van der Waals surface area contributed by atoms with E-state index < -0.39 is 0 Å². The first kappa shape index (κ1) is 13.6. The Kier molecular flexibility index (Phi) is 2.78. The number of hydrogen-bond donors (Lipinski definition) is 1. The van der Waals surface area contributed by atoms with E-state index in [1.807, 2.05) is 55.1 Å². The molecule has 4 rings (SSSR count). The highest BCUT2D eigenvalue weighted by Gasteiger charge is 2.17. The van der Waals surface area contributed by atoms with E-state index in [9.17, 15) is 4.79 Å². The maximum Gasteiger partial charge on any atom is 0.263 e. The average Bonchev–Trinajstić information content (AvgIpc) is 3.06. The van der Waals surface area contributed by atoms with Crippen LogP contribution in [0.3, 0.4) is 0 Å². The predicted octanol–water partition coefficient (Wildman–Crippen LogP) is 3.11. The molecule has 4 aromatic rings. The lowest BCUT2D eigenvalue weighted by Gasteiger charge is -2.07. The molecule has 0 bridgehead atoms. The molecule has 2 aromatic heterocycles. The van der Waals surface area contributed by atoms with Gasteiger partial charge in [-0.15, -0.1) is 0 Å². The second-order valence-electron chi connectivity index (χ2n) is 5.75. The monoisotopic (exact) mass is 304 g/mol. The van der Waals surface area contributed by atoms with Gasteiger partial charge in [-0.25, -0.2) is 4.98 Å². The highest BCUT2D eigenvalue weighted by molar-refractivity contribution is 6.04. The molecule has 0 aliphatic rings. The van der Waals surface area contributed by atoms with E-state index >= 15 is 0 Å². The van der Waals surface area contributed by atoms with E-state index in [4.69, 9.17) is 5.73 Å². The third-order valence-electron chi connectivity index (χ3n) is 4.18. The topological polar surface area (TPSA) is 65.8 Å². The molecule has 0 saturated heterocycles. The zero-order valence-corrected chi connectivity index (χ0v) is 12.9. The molecule has 0 aliphatic carbocycles. The molecule has 2 N–H and O–H groups in total. The van der Waals surface area contributed by atoms with E-state index in [2.05, 4.69) is 4.98 Å². The van der Waals surface area contributed by atoms with Gasteiger partial charge >= 0.3 is 0 Å². The molecular formula is C18H16N4O. The van der Waals surface area contributed by atoms with Gasteiger partial charge in [0.2, 0.25) is 0 Å². The minimum atomic E-state index is -0.0984. The molecule has 0 unspecified atom stereocenters. The molecule has 2 heterocycles. The summed E-state index contributed by atoms with van der Waals surface area (Å²) in [5, 5.41) is 1.11. The Hall–Kier alpha value is -3.08.